The highest BCUT2D eigenvalue weighted by atomic mass is 79.9. The third-order valence-corrected chi connectivity index (χ3v) is 3.14. The minimum atomic E-state index is 0.501. The fourth-order valence-electron chi connectivity index (χ4n) is 1.45. The Labute approximate surface area is 113 Å². The SMILES string of the molecule is Cc1cc(N)c(Cl)cc1Oc1cccc(Br)c1. The number of hydrogen-bond acceptors (Lipinski definition) is 2. The highest BCUT2D eigenvalue weighted by Gasteiger charge is 2.06. The topological polar surface area (TPSA) is 35.2 Å². The third-order valence-electron chi connectivity index (χ3n) is 2.32. The summed E-state index contributed by atoms with van der Waals surface area (Å²) in [6, 6.07) is 11.2. The molecule has 2 aromatic carbocycles. The van der Waals surface area contributed by atoms with Gasteiger partial charge in [-0.05, 0) is 36.8 Å². The van der Waals surface area contributed by atoms with Crippen LogP contribution in [0.25, 0.3) is 0 Å². The van der Waals surface area contributed by atoms with Crippen molar-refractivity contribution in [3.63, 3.8) is 0 Å². The van der Waals surface area contributed by atoms with E-state index in [1.54, 1.807) is 12.1 Å². The first kappa shape index (κ1) is 12.3. The van der Waals surface area contributed by atoms with E-state index in [0.717, 1.165) is 15.8 Å². The number of nitrogen functional groups attached to an aromatic ring is 1. The van der Waals surface area contributed by atoms with Gasteiger partial charge in [0, 0.05) is 10.5 Å². The normalized spacial score (nSPS) is 10.3. The molecule has 0 aliphatic rings. The zero-order valence-corrected chi connectivity index (χ0v) is 11.5. The van der Waals surface area contributed by atoms with E-state index in [1.807, 2.05) is 31.2 Å². The number of ether oxygens (including phenoxy) is 1. The Hall–Kier alpha value is -1.19. The lowest BCUT2D eigenvalue weighted by molar-refractivity contribution is 0.479. The number of anilines is 1. The van der Waals surface area contributed by atoms with Crippen molar-refractivity contribution in [2.75, 3.05) is 5.73 Å². The lowest BCUT2D eigenvalue weighted by atomic mass is 10.2. The van der Waals surface area contributed by atoms with Gasteiger partial charge in [-0.3, -0.25) is 0 Å². The van der Waals surface area contributed by atoms with Crippen LogP contribution in [0.15, 0.2) is 40.9 Å². The summed E-state index contributed by atoms with van der Waals surface area (Å²) in [7, 11) is 0. The molecular weight excluding hydrogens is 302 g/mol. The number of nitrogens with two attached hydrogens (primary N) is 1. The number of hydrogen-bond donors (Lipinski definition) is 1. The van der Waals surface area contributed by atoms with Crippen molar-refractivity contribution in [1.82, 2.24) is 0 Å². The average molecular weight is 313 g/mol. The quantitative estimate of drug-likeness (QED) is 0.810. The van der Waals surface area contributed by atoms with Gasteiger partial charge in [-0.1, -0.05) is 33.6 Å². The van der Waals surface area contributed by atoms with E-state index in [2.05, 4.69) is 15.9 Å². The Morgan fingerprint density at radius 3 is 2.71 bits per heavy atom. The highest BCUT2D eigenvalue weighted by molar-refractivity contribution is 9.10. The summed E-state index contributed by atoms with van der Waals surface area (Å²) < 4.78 is 6.72. The zero-order valence-electron chi connectivity index (χ0n) is 9.21. The monoisotopic (exact) mass is 311 g/mol. The first-order valence-electron chi connectivity index (χ1n) is 5.05. The van der Waals surface area contributed by atoms with Crippen molar-refractivity contribution in [1.29, 1.82) is 0 Å². The highest BCUT2D eigenvalue weighted by Crippen LogP contribution is 2.32. The minimum Gasteiger partial charge on any atom is -0.457 e. The van der Waals surface area contributed by atoms with Gasteiger partial charge in [0.15, 0.2) is 0 Å². The van der Waals surface area contributed by atoms with E-state index in [0.29, 0.717) is 16.5 Å². The summed E-state index contributed by atoms with van der Waals surface area (Å²) in [6.07, 6.45) is 0. The lowest BCUT2D eigenvalue weighted by Crippen LogP contribution is -1.92. The van der Waals surface area contributed by atoms with Crippen LogP contribution in [0.1, 0.15) is 5.56 Å². The average Bonchev–Trinajstić information content (AvgIpc) is 2.26. The van der Waals surface area contributed by atoms with Crippen LogP contribution >= 0.6 is 27.5 Å². The van der Waals surface area contributed by atoms with Gasteiger partial charge in [0.25, 0.3) is 0 Å². The lowest BCUT2D eigenvalue weighted by Gasteiger charge is -2.10. The Morgan fingerprint density at radius 1 is 1.24 bits per heavy atom. The van der Waals surface area contributed by atoms with Crippen LogP contribution < -0.4 is 10.5 Å². The predicted molar refractivity (Wildman–Crippen MR) is 74.8 cm³/mol. The van der Waals surface area contributed by atoms with Gasteiger partial charge in [0.1, 0.15) is 11.5 Å². The summed E-state index contributed by atoms with van der Waals surface area (Å²) in [6.45, 7) is 1.93. The van der Waals surface area contributed by atoms with Crippen LogP contribution in [0.3, 0.4) is 0 Å². The number of benzene rings is 2. The molecule has 0 saturated heterocycles. The van der Waals surface area contributed by atoms with Crippen molar-refractivity contribution < 1.29 is 4.74 Å². The first-order chi connectivity index (χ1) is 8.06. The third kappa shape index (κ3) is 2.93. The van der Waals surface area contributed by atoms with Gasteiger partial charge in [-0.15, -0.1) is 0 Å². The smallest absolute Gasteiger partial charge is 0.131 e. The molecule has 0 aliphatic heterocycles. The van der Waals surface area contributed by atoms with Gasteiger partial charge < -0.3 is 10.5 Å². The molecular formula is C13H11BrClNO. The number of halogens is 2. The Kier molecular flexibility index (Phi) is 3.60. The summed E-state index contributed by atoms with van der Waals surface area (Å²) >= 11 is 9.36. The standard InChI is InChI=1S/C13H11BrClNO/c1-8-5-12(16)11(15)7-13(8)17-10-4-2-3-9(14)6-10/h2-7H,16H2,1H3. The van der Waals surface area contributed by atoms with Crippen LogP contribution in [-0.2, 0) is 0 Å². The fraction of sp³-hybridized carbons (Fsp3) is 0.0769. The fourth-order valence-corrected chi connectivity index (χ4v) is 1.98. The zero-order chi connectivity index (χ0) is 12.4. The molecule has 0 bridgehead atoms. The van der Waals surface area contributed by atoms with Crippen molar-refractivity contribution >= 4 is 33.2 Å². The van der Waals surface area contributed by atoms with Crippen molar-refractivity contribution in [3.8, 4) is 11.5 Å². The second-order valence-corrected chi connectivity index (χ2v) is 5.02. The molecule has 0 spiro atoms. The molecule has 0 unspecified atom stereocenters. The molecule has 0 aromatic heterocycles. The second kappa shape index (κ2) is 4.98. The van der Waals surface area contributed by atoms with Crippen LogP contribution in [0.5, 0.6) is 11.5 Å². The first-order valence-corrected chi connectivity index (χ1v) is 6.22. The van der Waals surface area contributed by atoms with Crippen molar-refractivity contribution in [3.05, 3.63) is 51.5 Å². The summed E-state index contributed by atoms with van der Waals surface area (Å²) in [4.78, 5) is 0. The molecule has 0 atom stereocenters. The molecule has 2 N–H and O–H groups in total. The Balaban J connectivity index is 2.33. The van der Waals surface area contributed by atoms with Crippen molar-refractivity contribution in [2.45, 2.75) is 6.92 Å². The van der Waals surface area contributed by atoms with E-state index >= 15 is 0 Å². The van der Waals surface area contributed by atoms with E-state index in [1.165, 1.54) is 0 Å². The van der Waals surface area contributed by atoms with Crippen LogP contribution in [0.2, 0.25) is 5.02 Å². The predicted octanol–water partition coefficient (Wildman–Crippen LogP) is 4.79. The molecule has 4 heteroatoms. The molecule has 0 amide bonds. The number of aryl methyl sites for hydroxylation is 1. The summed E-state index contributed by atoms with van der Waals surface area (Å²) in [5.41, 5.74) is 7.22. The molecule has 17 heavy (non-hydrogen) atoms. The maximum Gasteiger partial charge on any atom is 0.131 e. The molecule has 0 aliphatic carbocycles. The van der Waals surface area contributed by atoms with Crippen LogP contribution in [-0.4, -0.2) is 0 Å². The van der Waals surface area contributed by atoms with E-state index in [-0.39, 0.29) is 0 Å². The minimum absolute atomic E-state index is 0.501. The largest absolute Gasteiger partial charge is 0.457 e. The van der Waals surface area contributed by atoms with E-state index in [4.69, 9.17) is 22.1 Å². The van der Waals surface area contributed by atoms with Gasteiger partial charge in [0.05, 0.1) is 10.7 Å². The molecule has 2 rings (SSSR count). The van der Waals surface area contributed by atoms with E-state index in [9.17, 15) is 0 Å². The van der Waals surface area contributed by atoms with Crippen LogP contribution in [0, 0.1) is 6.92 Å². The van der Waals surface area contributed by atoms with Gasteiger partial charge in [0.2, 0.25) is 0 Å². The molecule has 0 fully saturated rings. The van der Waals surface area contributed by atoms with Gasteiger partial charge in [-0.2, -0.15) is 0 Å². The maximum atomic E-state index is 5.97. The van der Waals surface area contributed by atoms with Crippen molar-refractivity contribution in [2.24, 2.45) is 0 Å². The second-order valence-electron chi connectivity index (χ2n) is 3.70. The molecule has 0 radical (unpaired) electrons. The summed E-state index contributed by atoms with van der Waals surface area (Å²) in [5.74, 6) is 1.46. The Morgan fingerprint density at radius 2 is 2.00 bits per heavy atom. The molecule has 2 nitrogen and oxygen atoms in total. The summed E-state index contributed by atoms with van der Waals surface area (Å²) in [5, 5.41) is 0.501. The van der Waals surface area contributed by atoms with E-state index < -0.39 is 0 Å². The molecule has 0 saturated carbocycles. The number of rotatable bonds is 2. The Bertz CT molecular complexity index is 557. The van der Waals surface area contributed by atoms with Crippen LogP contribution in [0.4, 0.5) is 5.69 Å². The van der Waals surface area contributed by atoms with Gasteiger partial charge >= 0.3 is 0 Å². The molecule has 88 valence electrons. The molecule has 2 aromatic rings. The van der Waals surface area contributed by atoms with Gasteiger partial charge in [-0.25, -0.2) is 0 Å². The molecule has 0 heterocycles. The maximum absolute atomic E-state index is 5.97.